The van der Waals surface area contributed by atoms with Crippen molar-refractivity contribution in [1.82, 2.24) is 25.1 Å². The topological polar surface area (TPSA) is 85.4 Å². The summed E-state index contributed by atoms with van der Waals surface area (Å²) in [5, 5.41) is 6.12. The fourth-order valence-corrected chi connectivity index (χ4v) is 5.27. The van der Waals surface area contributed by atoms with Crippen LogP contribution in [0.15, 0.2) is 54.6 Å². The Balaban J connectivity index is 1.46. The number of urea groups is 1. The molecule has 0 radical (unpaired) electrons. The van der Waals surface area contributed by atoms with Gasteiger partial charge in [-0.3, -0.25) is 9.59 Å². The molecule has 2 aliphatic heterocycles. The van der Waals surface area contributed by atoms with E-state index >= 15 is 0 Å². The predicted molar refractivity (Wildman–Crippen MR) is 143 cm³/mol. The molecule has 9 nitrogen and oxygen atoms in total. The van der Waals surface area contributed by atoms with Gasteiger partial charge in [-0.2, -0.15) is 11.8 Å². The minimum atomic E-state index is -0.649. The number of rotatable bonds is 10. The molecule has 0 aliphatic carbocycles. The molecule has 2 aromatic carbocycles. The van der Waals surface area contributed by atoms with Crippen molar-refractivity contribution in [1.29, 1.82) is 0 Å². The Morgan fingerprint density at radius 2 is 1.84 bits per heavy atom. The zero-order valence-corrected chi connectivity index (χ0v) is 22.5. The number of benzene rings is 2. The van der Waals surface area contributed by atoms with E-state index < -0.39 is 12.2 Å². The number of fused-ring (bicyclic) bond motifs is 1. The van der Waals surface area contributed by atoms with Gasteiger partial charge in [-0.05, 0) is 41.7 Å². The highest BCUT2D eigenvalue weighted by Crippen LogP contribution is 2.28. The molecule has 0 bridgehead atoms. The summed E-state index contributed by atoms with van der Waals surface area (Å²) in [7, 11) is 1.71. The molecule has 4 amide bonds. The van der Waals surface area contributed by atoms with Crippen LogP contribution in [0.3, 0.4) is 0 Å². The van der Waals surface area contributed by atoms with Crippen molar-refractivity contribution in [2.45, 2.75) is 31.8 Å². The molecule has 0 aromatic heterocycles. The number of piperazine rings is 1. The van der Waals surface area contributed by atoms with Gasteiger partial charge in [0.25, 0.3) is 0 Å². The molecular formula is C27H34FN5O4S. The standard InChI is InChI=1S/C27H34FN5O4S/c1-30-18-25(34)32-23(12-15-38-2)26(35)31(13-14-37-19-21-8-10-22(28)11-9-21)17-24(32)33(30)27(36)29-16-20-6-4-3-5-7-20/h3-11,23-24H,12-19H2,1-2H3,(H,29,36)/t23-,24-/m0/s1. The van der Waals surface area contributed by atoms with E-state index in [4.69, 9.17) is 4.74 Å². The first kappa shape index (κ1) is 27.9. The van der Waals surface area contributed by atoms with Gasteiger partial charge in [0.05, 0.1) is 26.3 Å². The largest absolute Gasteiger partial charge is 0.375 e. The molecule has 38 heavy (non-hydrogen) atoms. The van der Waals surface area contributed by atoms with Gasteiger partial charge in [0.1, 0.15) is 18.0 Å². The number of ether oxygens (including phenoxy) is 1. The maximum absolute atomic E-state index is 13.5. The summed E-state index contributed by atoms with van der Waals surface area (Å²) in [6.07, 6.45) is 1.83. The fraction of sp³-hybridized carbons (Fsp3) is 0.444. The Kier molecular flexibility index (Phi) is 9.59. The molecule has 1 N–H and O–H groups in total. The second kappa shape index (κ2) is 13.1. The second-order valence-corrected chi connectivity index (χ2v) is 10.3. The monoisotopic (exact) mass is 543 g/mol. The van der Waals surface area contributed by atoms with Crippen molar-refractivity contribution < 1.29 is 23.5 Å². The average molecular weight is 544 g/mol. The Bertz CT molecular complexity index is 1110. The van der Waals surface area contributed by atoms with Crippen LogP contribution in [0.2, 0.25) is 0 Å². The maximum atomic E-state index is 13.5. The molecule has 2 aromatic rings. The normalized spacial score (nSPS) is 20.0. The Morgan fingerprint density at radius 1 is 1.11 bits per heavy atom. The zero-order chi connectivity index (χ0) is 27.1. The summed E-state index contributed by atoms with van der Waals surface area (Å²) in [6, 6.07) is 14.7. The third-order valence-electron chi connectivity index (χ3n) is 6.72. The highest BCUT2D eigenvalue weighted by Gasteiger charge is 2.50. The lowest BCUT2D eigenvalue weighted by Crippen LogP contribution is -2.76. The number of thioether (sulfide) groups is 1. The first-order chi connectivity index (χ1) is 18.4. The van der Waals surface area contributed by atoms with Crippen molar-refractivity contribution in [3.05, 3.63) is 71.5 Å². The molecule has 4 rings (SSSR count). The van der Waals surface area contributed by atoms with Crippen molar-refractivity contribution in [3.8, 4) is 0 Å². The van der Waals surface area contributed by atoms with Gasteiger partial charge >= 0.3 is 6.03 Å². The Morgan fingerprint density at radius 3 is 2.55 bits per heavy atom. The van der Waals surface area contributed by atoms with Gasteiger partial charge in [0, 0.05) is 20.1 Å². The molecule has 0 unspecified atom stereocenters. The van der Waals surface area contributed by atoms with E-state index in [1.165, 1.54) is 12.1 Å². The lowest BCUT2D eigenvalue weighted by atomic mass is 10.0. The van der Waals surface area contributed by atoms with Crippen LogP contribution in [0.4, 0.5) is 9.18 Å². The van der Waals surface area contributed by atoms with E-state index in [2.05, 4.69) is 5.32 Å². The van der Waals surface area contributed by atoms with E-state index in [0.717, 1.165) is 11.1 Å². The van der Waals surface area contributed by atoms with Crippen LogP contribution in [0, 0.1) is 5.82 Å². The van der Waals surface area contributed by atoms with Crippen LogP contribution >= 0.6 is 11.8 Å². The molecule has 0 saturated carbocycles. The number of carbonyl (C=O) groups excluding carboxylic acids is 3. The number of halogens is 1. The molecule has 2 fully saturated rings. The molecule has 2 atom stereocenters. The van der Waals surface area contributed by atoms with E-state index in [-0.39, 0.29) is 43.4 Å². The summed E-state index contributed by atoms with van der Waals surface area (Å²) in [5.41, 5.74) is 1.80. The summed E-state index contributed by atoms with van der Waals surface area (Å²) in [6.45, 7) is 1.43. The third kappa shape index (κ3) is 6.64. The maximum Gasteiger partial charge on any atom is 0.334 e. The smallest absolute Gasteiger partial charge is 0.334 e. The summed E-state index contributed by atoms with van der Waals surface area (Å²) < 4.78 is 18.9. The van der Waals surface area contributed by atoms with Crippen LogP contribution in [-0.4, -0.2) is 95.2 Å². The van der Waals surface area contributed by atoms with E-state index in [1.54, 1.807) is 50.8 Å². The Hall–Kier alpha value is -3.15. The first-order valence-corrected chi connectivity index (χ1v) is 14.0. The van der Waals surface area contributed by atoms with Gasteiger partial charge < -0.3 is 19.9 Å². The predicted octanol–water partition coefficient (Wildman–Crippen LogP) is 2.53. The number of likely N-dealkylation sites (N-methyl/N-ethyl adjacent to an activating group) is 1. The summed E-state index contributed by atoms with van der Waals surface area (Å²) in [4.78, 5) is 43.3. The minimum Gasteiger partial charge on any atom is -0.375 e. The van der Waals surface area contributed by atoms with Gasteiger partial charge in [0.15, 0.2) is 0 Å². The van der Waals surface area contributed by atoms with Crippen molar-refractivity contribution in [2.24, 2.45) is 0 Å². The highest BCUT2D eigenvalue weighted by molar-refractivity contribution is 7.98. The average Bonchev–Trinajstić information content (AvgIpc) is 2.91. The molecule has 2 saturated heterocycles. The first-order valence-electron chi connectivity index (χ1n) is 12.6. The van der Waals surface area contributed by atoms with E-state index in [1.807, 2.05) is 36.6 Å². The van der Waals surface area contributed by atoms with Gasteiger partial charge in [-0.25, -0.2) is 19.2 Å². The third-order valence-corrected chi connectivity index (χ3v) is 7.36. The molecule has 204 valence electrons. The van der Waals surface area contributed by atoms with Gasteiger partial charge in [0.2, 0.25) is 11.8 Å². The molecule has 11 heteroatoms. The second-order valence-electron chi connectivity index (χ2n) is 9.35. The Labute approximate surface area is 226 Å². The molecule has 0 spiro atoms. The lowest BCUT2D eigenvalue weighted by molar-refractivity contribution is -0.187. The van der Waals surface area contributed by atoms with Crippen molar-refractivity contribution in [2.75, 3.05) is 45.3 Å². The van der Waals surface area contributed by atoms with Crippen LogP contribution in [-0.2, 0) is 27.5 Å². The number of hydrazine groups is 1. The van der Waals surface area contributed by atoms with Crippen LogP contribution in [0.1, 0.15) is 17.5 Å². The number of hydrogen-bond acceptors (Lipinski definition) is 6. The number of hydrogen-bond donors (Lipinski definition) is 1. The lowest BCUT2D eigenvalue weighted by Gasteiger charge is -2.54. The molecule has 2 heterocycles. The van der Waals surface area contributed by atoms with Crippen molar-refractivity contribution >= 4 is 29.6 Å². The fourth-order valence-electron chi connectivity index (χ4n) is 4.81. The van der Waals surface area contributed by atoms with E-state index in [0.29, 0.717) is 31.9 Å². The SMILES string of the molecule is CSCC[C@H]1C(=O)N(CCOCc2ccc(F)cc2)C[C@H]2N1C(=O)CN(C)N2C(=O)NCc1ccccc1. The van der Waals surface area contributed by atoms with Gasteiger partial charge in [-0.15, -0.1) is 0 Å². The highest BCUT2D eigenvalue weighted by atomic mass is 32.2. The number of nitrogens with one attached hydrogen (secondary N) is 1. The van der Waals surface area contributed by atoms with Crippen LogP contribution < -0.4 is 5.32 Å². The summed E-state index contributed by atoms with van der Waals surface area (Å²) >= 11 is 1.61. The quantitative estimate of drug-likeness (QED) is 0.464. The van der Waals surface area contributed by atoms with Crippen LogP contribution in [0.5, 0.6) is 0 Å². The number of carbonyl (C=O) groups is 3. The van der Waals surface area contributed by atoms with Crippen molar-refractivity contribution in [3.63, 3.8) is 0 Å². The molecular weight excluding hydrogens is 509 g/mol. The zero-order valence-electron chi connectivity index (χ0n) is 21.7. The molecule has 2 aliphatic rings. The van der Waals surface area contributed by atoms with Crippen LogP contribution in [0.25, 0.3) is 0 Å². The summed E-state index contributed by atoms with van der Waals surface area (Å²) in [5.74, 6) is 0.0927. The van der Waals surface area contributed by atoms with E-state index in [9.17, 15) is 18.8 Å². The number of amides is 4. The minimum absolute atomic E-state index is 0.0130. The number of nitrogens with zero attached hydrogens (tertiary/aromatic N) is 4. The van der Waals surface area contributed by atoms with Gasteiger partial charge in [-0.1, -0.05) is 42.5 Å².